The van der Waals surface area contributed by atoms with E-state index < -0.39 is 5.97 Å². The highest BCUT2D eigenvalue weighted by molar-refractivity contribution is 5.94. The topological polar surface area (TPSA) is 62.3 Å². The van der Waals surface area contributed by atoms with Crippen LogP contribution < -0.4 is 4.74 Å². The minimum Gasteiger partial charge on any atom is -0.497 e. The molecule has 4 heteroatoms. The van der Waals surface area contributed by atoms with Crippen LogP contribution in [-0.4, -0.2) is 23.2 Å². The number of fused-ring (bicyclic) bond motifs is 1. The number of nitrogens with one attached hydrogen (secondary N) is 1. The molecule has 1 heterocycles. The first-order valence-electron chi connectivity index (χ1n) is 6.18. The SMILES string of the molecule is COc1ccc(-c2cc3ccc(C(=O)O)cc3[nH]2)cc1. The Kier molecular flexibility index (Phi) is 2.91. The van der Waals surface area contributed by atoms with Gasteiger partial charge >= 0.3 is 5.97 Å². The molecule has 3 aromatic rings. The van der Waals surface area contributed by atoms with E-state index in [2.05, 4.69) is 4.98 Å². The maximum absolute atomic E-state index is 11.0. The third kappa shape index (κ3) is 2.12. The number of aromatic carboxylic acids is 1. The Balaban J connectivity index is 2.05. The van der Waals surface area contributed by atoms with E-state index in [1.165, 1.54) is 0 Å². The van der Waals surface area contributed by atoms with Crippen molar-refractivity contribution in [1.29, 1.82) is 0 Å². The van der Waals surface area contributed by atoms with Gasteiger partial charge in [-0.2, -0.15) is 0 Å². The van der Waals surface area contributed by atoms with Gasteiger partial charge < -0.3 is 14.8 Å². The van der Waals surface area contributed by atoms with Crippen LogP contribution in [0.15, 0.2) is 48.5 Å². The summed E-state index contributed by atoms with van der Waals surface area (Å²) in [7, 11) is 1.63. The van der Waals surface area contributed by atoms with Crippen LogP contribution in [0.1, 0.15) is 10.4 Å². The number of aromatic nitrogens is 1. The smallest absolute Gasteiger partial charge is 0.335 e. The third-order valence-electron chi connectivity index (χ3n) is 3.27. The monoisotopic (exact) mass is 267 g/mol. The highest BCUT2D eigenvalue weighted by atomic mass is 16.5. The van der Waals surface area contributed by atoms with Crippen molar-refractivity contribution in [2.24, 2.45) is 0 Å². The molecule has 0 saturated carbocycles. The fourth-order valence-electron chi connectivity index (χ4n) is 2.19. The number of carbonyl (C=O) groups is 1. The third-order valence-corrected chi connectivity index (χ3v) is 3.27. The number of carboxylic acid groups (broad SMARTS) is 1. The van der Waals surface area contributed by atoms with E-state index in [0.717, 1.165) is 27.9 Å². The van der Waals surface area contributed by atoms with E-state index in [-0.39, 0.29) is 5.56 Å². The molecule has 0 amide bonds. The van der Waals surface area contributed by atoms with Gasteiger partial charge in [0.1, 0.15) is 5.75 Å². The average Bonchev–Trinajstić information content (AvgIpc) is 2.90. The Morgan fingerprint density at radius 2 is 1.85 bits per heavy atom. The van der Waals surface area contributed by atoms with Gasteiger partial charge in [0.25, 0.3) is 0 Å². The predicted molar refractivity (Wildman–Crippen MR) is 77.2 cm³/mol. The van der Waals surface area contributed by atoms with Crippen molar-refractivity contribution >= 4 is 16.9 Å². The van der Waals surface area contributed by atoms with E-state index in [0.29, 0.717) is 0 Å². The van der Waals surface area contributed by atoms with Crippen LogP contribution >= 0.6 is 0 Å². The zero-order chi connectivity index (χ0) is 14.1. The van der Waals surface area contributed by atoms with Crippen molar-refractivity contribution < 1.29 is 14.6 Å². The van der Waals surface area contributed by atoms with Crippen molar-refractivity contribution in [3.05, 3.63) is 54.1 Å². The molecule has 0 unspecified atom stereocenters. The van der Waals surface area contributed by atoms with Gasteiger partial charge in [0, 0.05) is 16.6 Å². The molecule has 0 aliphatic carbocycles. The summed E-state index contributed by atoms with van der Waals surface area (Å²) in [4.78, 5) is 14.2. The number of hydrogen-bond acceptors (Lipinski definition) is 2. The first-order valence-corrected chi connectivity index (χ1v) is 6.18. The van der Waals surface area contributed by atoms with Gasteiger partial charge in [-0.15, -0.1) is 0 Å². The predicted octanol–water partition coefficient (Wildman–Crippen LogP) is 3.54. The van der Waals surface area contributed by atoms with Crippen LogP contribution in [0.3, 0.4) is 0 Å². The van der Waals surface area contributed by atoms with Crippen LogP contribution in [0.4, 0.5) is 0 Å². The fourth-order valence-corrected chi connectivity index (χ4v) is 2.19. The Hall–Kier alpha value is -2.75. The molecule has 2 aromatic carbocycles. The van der Waals surface area contributed by atoms with Crippen LogP contribution in [0.2, 0.25) is 0 Å². The molecule has 0 radical (unpaired) electrons. The Morgan fingerprint density at radius 1 is 1.10 bits per heavy atom. The molecule has 0 bridgehead atoms. The molecular weight excluding hydrogens is 254 g/mol. The number of H-pyrrole nitrogens is 1. The molecule has 0 fully saturated rings. The molecule has 0 saturated heterocycles. The average molecular weight is 267 g/mol. The van der Waals surface area contributed by atoms with Gasteiger partial charge in [-0.3, -0.25) is 0 Å². The van der Waals surface area contributed by atoms with Gasteiger partial charge in [0.15, 0.2) is 0 Å². The van der Waals surface area contributed by atoms with E-state index >= 15 is 0 Å². The molecular formula is C16H13NO3. The number of rotatable bonds is 3. The minimum absolute atomic E-state index is 0.278. The number of ether oxygens (including phenoxy) is 1. The normalized spacial score (nSPS) is 10.7. The van der Waals surface area contributed by atoms with Gasteiger partial charge in [0.2, 0.25) is 0 Å². The summed E-state index contributed by atoms with van der Waals surface area (Å²) in [6, 6.07) is 14.8. The van der Waals surface area contributed by atoms with Crippen molar-refractivity contribution in [1.82, 2.24) is 4.98 Å². The summed E-state index contributed by atoms with van der Waals surface area (Å²) < 4.78 is 5.13. The summed E-state index contributed by atoms with van der Waals surface area (Å²) in [5, 5.41) is 9.98. The zero-order valence-corrected chi connectivity index (χ0v) is 10.9. The lowest BCUT2D eigenvalue weighted by atomic mass is 10.1. The highest BCUT2D eigenvalue weighted by Gasteiger charge is 2.07. The second-order valence-corrected chi connectivity index (χ2v) is 4.52. The van der Waals surface area contributed by atoms with Gasteiger partial charge in [-0.05, 0) is 48.0 Å². The quantitative estimate of drug-likeness (QED) is 0.763. The Labute approximate surface area is 115 Å². The van der Waals surface area contributed by atoms with Crippen LogP contribution in [0, 0.1) is 0 Å². The van der Waals surface area contributed by atoms with E-state index in [9.17, 15) is 4.79 Å². The molecule has 0 aliphatic heterocycles. The second kappa shape index (κ2) is 4.74. The Bertz CT molecular complexity index is 772. The summed E-state index contributed by atoms with van der Waals surface area (Å²) in [6.45, 7) is 0. The molecule has 0 atom stereocenters. The summed E-state index contributed by atoms with van der Waals surface area (Å²) in [6.07, 6.45) is 0. The number of carboxylic acids is 1. The standard InChI is InChI=1S/C16H13NO3/c1-20-13-6-4-10(5-7-13)14-8-11-2-3-12(16(18)19)9-15(11)17-14/h2-9,17H,1H3,(H,18,19). The molecule has 100 valence electrons. The number of methoxy groups -OCH3 is 1. The maximum Gasteiger partial charge on any atom is 0.335 e. The van der Waals surface area contributed by atoms with Gasteiger partial charge in [0.05, 0.1) is 12.7 Å². The Morgan fingerprint density at radius 3 is 2.50 bits per heavy atom. The molecule has 20 heavy (non-hydrogen) atoms. The largest absolute Gasteiger partial charge is 0.497 e. The highest BCUT2D eigenvalue weighted by Crippen LogP contribution is 2.26. The van der Waals surface area contributed by atoms with Crippen molar-refractivity contribution in [3.63, 3.8) is 0 Å². The second-order valence-electron chi connectivity index (χ2n) is 4.52. The van der Waals surface area contributed by atoms with E-state index in [1.807, 2.05) is 36.4 Å². The van der Waals surface area contributed by atoms with Crippen molar-refractivity contribution in [3.8, 4) is 17.0 Å². The van der Waals surface area contributed by atoms with Crippen LogP contribution in [-0.2, 0) is 0 Å². The lowest BCUT2D eigenvalue weighted by Gasteiger charge is -2.01. The number of hydrogen-bond donors (Lipinski definition) is 2. The summed E-state index contributed by atoms with van der Waals surface area (Å²) in [5.41, 5.74) is 3.07. The molecule has 0 spiro atoms. The summed E-state index contributed by atoms with van der Waals surface area (Å²) in [5.74, 6) is -0.120. The van der Waals surface area contributed by atoms with Crippen molar-refractivity contribution in [2.75, 3.05) is 7.11 Å². The van der Waals surface area contributed by atoms with Gasteiger partial charge in [-0.25, -0.2) is 4.79 Å². The lowest BCUT2D eigenvalue weighted by molar-refractivity contribution is 0.0697. The maximum atomic E-state index is 11.0. The summed E-state index contributed by atoms with van der Waals surface area (Å²) >= 11 is 0. The van der Waals surface area contributed by atoms with E-state index in [1.54, 1.807) is 19.2 Å². The van der Waals surface area contributed by atoms with Crippen LogP contribution in [0.25, 0.3) is 22.2 Å². The first kappa shape index (κ1) is 12.3. The van der Waals surface area contributed by atoms with Crippen molar-refractivity contribution in [2.45, 2.75) is 0 Å². The number of aromatic amines is 1. The number of benzene rings is 2. The lowest BCUT2D eigenvalue weighted by Crippen LogP contribution is -1.94. The minimum atomic E-state index is -0.924. The molecule has 1 aromatic heterocycles. The first-order chi connectivity index (χ1) is 9.67. The molecule has 3 rings (SSSR count). The zero-order valence-electron chi connectivity index (χ0n) is 10.9. The molecule has 2 N–H and O–H groups in total. The molecule has 4 nitrogen and oxygen atoms in total. The van der Waals surface area contributed by atoms with Gasteiger partial charge in [-0.1, -0.05) is 6.07 Å². The molecule has 0 aliphatic rings. The van der Waals surface area contributed by atoms with E-state index in [4.69, 9.17) is 9.84 Å². The van der Waals surface area contributed by atoms with Crippen LogP contribution in [0.5, 0.6) is 5.75 Å². The fraction of sp³-hybridized carbons (Fsp3) is 0.0625.